The molecule has 0 aromatic rings. The normalized spacial score (nSPS) is 15.1. The van der Waals surface area contributed by atoms with E-state index in [2.05, 4.69) is 0 Å². The van der Waals surface area contributed by atoms with Gasteiger partial charge in [0.05, 0.1) is 0 Å². The van der Waals surface area contributed by atoms with Crippen molar-refractivity contribution in [2.75, 3.05) is 11.5 Å². The summed E-state index contributed by atoms with van der Waals surface area (Å²) in [5.74, 6) is -2.57. The quantitative estimate of drug-likeness (QED) is 0.451. The van der Waals surface area contributed by atoms with Crippen molar-refractivity contribution in [3.63, 3.8) is 0 Å². The van der Waals surface area contributed by atoms with Gasteiger partial charge in [0.15, 0.2) is 0 Å². The van der Waals surface area contributed by atoms with Gasteiger partial charge in [-0.25, -0.2) is 0 Å². The molecule has 70 valence electrons. The largest absolute Gasteiger partial charge is 0.480 e. The molecule has 0 aromatic heterocycles. The Labute approximate surface area is 71.4 Å². The van der Waals surface area contributed by atoms with E-state index in [0.29, 0.717) is 0 Å². The number of nitrogens with two attached hydrogens (primary N) is 2. The first-order valence-electron chi connectivity index (χ1n) is 3.05. The summed E-state index contributed by atoms with van der Waals surface area (Å²) in [6.07, 6.45) is 0. The van der Waals surface area contributed by atoms with E-state index >= 15 is 0 Å². The van der Waals surface area contributed by atoms with Crippen LogP contribution in [0.2, 0.25) is 0 Å². The summed E-state index contributed by atoms with van der Waals surface area (Å²) in [6, 6.07) is -1.20. The highest BCUT2D eigenvalue weighted by Crippen LogP contribution is 1.87. The first kappa shape index (κ1) is 11.1. The fraction of sp³-hybridized carbons (Fsp3) is 0.600. The molecule has 1 amide bonds. The number of aliphatic carboxylic acids is 1. The summed E-state index contributed by atoms with van der Waals surface area (Å²) >= 11 is 0. The molecule has 0 aliphatic heterocycles. The Morgan fingerprint density at radius 1 is 1.50 bits per heavy atom. The van der Waals surface area contributed by atoms with E-state index in [4.69, 9.17) is 16.6 Å². The van der Waals surface area contributed by atoms with Crippen LogP contribution >= 0.6 is 0 Å². The number of carbonyl (C=O) groups excluding carboxylic acids is 1. The minimum atomic E-state index is -1.58. The lowest BCUT2D eigenvalue weighted by atomic mass is 10.4. The minimum absolute atomic E-state index is 0.252. The zero-order chi connectivity index (χ0) is 9.72. The molecule has 0 aliphatic carbocycles. The topological polar surface area (TPSA) is 123 Å². The lowest BCUT2D eigenvalue weighted by Crippen LogP contribution is -2.37. The van der Waals surface area contributed by atoms with Crippen LogP contribution in [0.3, 0.4) is 0 Å². The molecule has 0 unspecified atom stereocenters. The SMILES string of the molecule is NC(=O)C[S@@](=O)C[C@@H](N)C(=O)O. The fourth-order valence-corrected chi connectivity index (χ4v) is 1.47. The first-order valence-corrected chi connectivity index (χ1v) is 4.54. The Kier molecular flexibility index (Phi) is 4.45. The predicted molar refractivity (Wildman–Crippen MR) is 42.7 cm³/mol. The molecule has 0 spiro atoms. The number of carboxylic acid groups (broad SMARTS) is 1. The lowest BCUT2D eigenvalue weighted by Gasteiger charge is -2.03. The van der Waals surface area contributed by atoms with Crippen LogP contribution in [-0.2, 0) is 20.4 Å². The molecular weight excluding hydrogens is 184 g/mol. The molecule has 0 radical (unpaired) electrons. The van der Waals surface area contributed by atoms with Gasteiger partial charge in [0, 0.05) is 16.6 Å². The second-order valence-corrected chi connectivity index (χ2v) is 3.66. The maximum absolute atomic E-state index is 10.8. The highest BCUT2D eigenvalue weighted by atomic mass is 32.2. The summed E-state index contributed by atoms with van der Waals surface area (Å²) in [7, 11) is -1.58. The highest BCUT2D eigenvalue weighted by Gasteiger charge is 2.16. The van der Waals surface area contributed by atoms with Gasteiger partial charge in [0.1, 0.15) is 11.8 Å². The molecule has 6 nitrogen and oxygen atoms in total. The maximum Gasteiger partial charge on any atom is 0.321 e. The smallest absolute Gasteiger partial charge is 0.321 e. The van der Waals surface area contributed by atoms with E-state index < -0.39 is 28.7 Å². The van der Waals surface area contributed by atoms with E-state index in [9.17, 15) is 13.8 Å². The van der Waals surface area contributed by atoms with Gasteiger partial charge >= 0.3 is 5.97 Å². The second-order valence-electron chi connectivity index (χ2n) is 2.16. The third kappa shape index (κ3) is 4.80. The van der Waals surface area contributed by atoms with E-state index in [1.54, 1.807) is 0 Å². The number of rotatable bonds is 5. The zero-order valence-electron chi connectivity index (χ0n) is 6.23. The molecule has 0 aliphatic rings. The van der Waals surface area contributed by atoms with Crippen LogP contribution in [0.4, 0.5) is 0 Å². The molecular formula is C5H10N2O4S. The summed E-state index contributed by atoms with van der Waals surface area (Å²) in [4.78, 5) is 20.3. The van der Waals surface area contributed by atoms with Gasteiger partial charge < -0.3 is 16.6 Å². The average Bonchev–Trinajstić information content (AvgIpc) is 1.84. The summed E-state index contributed by atoms with van der Waals surface area (Å²) in [6.45, 7) is 0. The number of primary amides is 1. The molecule has 5 N–H and O–H groups in total. The Morgan fingerprint density at radius 3 is 2.33 bits per heavy atom. The minimum Gasteiger partial charge on any atom is -0.480 e. The molecule has 12 heavy (non-hydrogen) atoms. The number of carbonyl (C=O) groups is 2. The van der Waals surface area contributed by atoms with Crippen molar-refractivity contribution in [2.45, 2.75) is 6.04 Å². The molecule has 0 saturated carbocycles. The molecule has 0 bridgehead atoms. The first-order chi connectivity index (χ1) is 5.43. The van der Waals surface area contributed by atoms with Gasteiger partial charge in [0.25, 0.3) is 0 Å². The van der Waals surface area contributed by atoms with Crippen LogP contribution in [0.25, 0.3) is 0 Å². The van der Waals surface area contributed by atoms with Crippen molar-refractivity contribution in [2.24, 2.45) is 11.5 Å². The molecule has 7 heteroatoms. The Balaban J connectivity index is 3.85. The van der Waals surface area contributed by atoms with Crippen LogP contribution in [0.1, 0.15) is 0 Å². The van der Waals surface area contributed by atoms with Gasteiger partial charge in [-0.1, -0.05) is 0 Å². The van der Waals surface area contributed by atoms with E-state index in [1.165, 1.54) is 0 Å². The van der Waals surface area contributed by atoms with Gasteiger partial charge in [-0.3, -0.25) is 13.8 Å². The number of carboxylic acids is 1. The third-order valence-electron chi connectivity index (χ3n) is 0.986. The van der Waals surface area contributed by atoms with Crippen molar-refractivity contribution in [1.82, 2.24) is 0 Å². The van der Waals surface area contributed by atoms with Crippen LogP contribution in [-0.4, -0.2) is 38.7 Å². The van der Waals surface area contributed by atoms with Crippen LogP contribution in [0.5, 0.6) is 0 Å². The third-order valence-corrected chi connectivity index (χ3v) is 2.32. The van der Waals surface area contributed by atoms with Crippen molar-refractivity contribution < 1.29 is 18.9 Å². The summed E-state index contributed by atoms with van der Waals surface area (Å²) < 4.78 is 10.8. The van der Waals surface area contributed by atoms with Crippen molar-refractivity contribution in [3.8, 4) is 0 Å². The molecule has 0 rings (SSSR count). The van der Waals surface area contributed by atoms with Crippen molar-refractivity contribution in [1.29, 1.82) is 0 Å². The van der Waals surface area contributed by atoms with Crippen LogP contribution in [0.15, 0.2) is 0 Å². The Bertz CT molecular complexity index is 217. The molecule has 2 atom stereocenters. The second kappa shape index (κ2) is 4.83. The Morgan fingerprint density at radius 2 is 2.00 bits per heavy atom. The zero-order valence-corrected chi connectivity index (χ0v) is 7.04. The highest BCUT2D eigenvalue weighted by molar-refractivity contribution is 7.85. The van der Waals surface area contributed by atoms with E-state index in [0.717, 1.165) is 0 Å². The lowest BCUT2D eigenvalue weighted by molar-refractivity contribution is -0.138. The van der Waals surface area contributed by atoms with Crippen LogP contribution in [0, 0.1) is 0 Å². The standard InChI is InChI=1S/C5H10N2O4S/c6-3(5(9)10)1-12(11)2-4(7)8/h3H,1-2,6H2,(H2,7,8)(H,9,10)/t3-,12+/m1/s1. The van der Waals surface area contributed by atoms with Crippen LogP contribution < -0.4 is 11.5 Å². The average molecular weight is 194 g/mol. The van der Waals surface area contributed by atoms with Gasteiger partial charge in [-0.05, 0) is 0 Å². The summed E-state index contributed by atoms with van der Waals surface area (Å²) in [5, 5.41) is 8.29. The number of amides is 1. The van der Waals surface area contributed by atoms with Gasteiger partial charge in [-0.15, -0.1) is 0 Å². The van der Waals surface area contributed by atoms with Gasteiger partial charge in [0.2, 0.25) is 5.91 Å². The van der Waals surface area contributed by atoms with E-state index in [-0.39, 0.29) is 11.5 Å². The molecule has 0 fully saturated rings. The molecule has 0 heterocycles. The summed E-state index contributed by atoms with van der Waals surface area (Å²) in [5.41, 5.74) is 9.77. The molecule has 0 aromatic carbocycles. The predicted octanol–water partition coefficient (Wildman–Crippen LogP) is -2.37. The molecule has 0 saturated heterocycles. The Hall–Kier alpha value is -0.950. The maximum atomic E-state index is 10.8. The number of hydrogen-bond acceptors (Lipinski definition) is 4. The van der Waals surface area contributed by atoms with E-state index in [1.807, 2.05) is 0 Å². The van der Waals surface area contributed by atoms with Crippen molar-refractivity contribution in [3.05, 3.63) is 0 Å². The van der Waals surface area contributed by atoms with Crippen molar-refractivity contribution >= 4 is 22.7 Å². The number of hydrogen-bond donors (Lipinski definition) is 3. The monoisotopic (exact) mass is 194 g/mol. The fourth-order valence-electron chi connectivity index (χ4n) is 0.489. The van der Waals surface area contributed by atoms with Gasteiger partial charge in [-0.2, -0.15) is 0 Å².